The van der Waals surface area contributed by atoms with Crippen LogP contribution in [0.2, 0.25) is 0 Å². The van der Waals surface area contributed by atoms with Crippen molar-refractivity contribution in [3.63, 3.8) is 0 Å². The van der Waals surface area contributed by atoms with Crippen LogP contribution in [0.15, 0.2) is 115 Å². The summed E-state index contributed by atoms with van der Waals surface area (Å²) in [5.74, 6) is 0.714. The lowest BCUT2D eigenvalue weighted by molar-refractivity contribution is 0.940. The number of hydrogen-bond donors (Lipinski definition) is 0. The van der Waals surface area contributed by atoms with Crippen LogP contribution >= 0.6 is 0 Å². The van der Waals surface area contributed by atoms with E-state index in [1.807, 2.05) is 6.07 Å². The summed E-state index contributed by atoms with van der Waals surface area (Å²) in [7, 11) is 0. The second kappa shape index (κ2) is 8.61. The number of fused-ring (bicyclic) bond motifs is 10. The van der Waals surface area contributed by atoms with Gasteiger partial charge in [0.1, 0.15) is 0 Å². The fourth-order valence-corrected chi connectivity index (χ4v) is 6.78. The molecule has 0 spiro atoms. The highest BCUT2D eigenvalue weighted by molar-refractivity contribution is 6.21. The number of nitrogens with zero attached hydrogens (tertiary/aromatic N) is 3. The molecule has 9 rings (SSSR count). The molecule has 0 fully saturated rings. The van der Waals surface area contributed by atoms with Crippen LogP contribution in [0.4, 0.5) is 0 Å². The minimum Gasteiger partial charge on any atom is -0.278 e. The molecule has 0 amide bonds. The fraction of sp³-hybridized carbons (Fsp3) is 0.0526. The molecular weight excluding hydrogens is 498 g/mol. The normalized spacial score (nSPS) is 13.1. The first-order valence-electron chi connectivity index (χ1n) is 14.3. The van der Waals surface area contributed by atoms with E-state index in [2.05, 4.69) is 126 Å². The molecule has 8 aromatic rings. The van der Waals surface area contributed by atoms with Crippen molar-refractivity contribution < 1.29 is 0 Å². The van der Waals surface area contributed by atoms with E-state index in [9.17, 15) is 0 Å². The summed E-state index contributed by atoms with van der Waals surface area (Å²) in [5.41, 5.74) is 4.17. The van der Waals surface area contributed by atoms with Crippen LogP contribution in [0.5, 0.6) is 0 Å². The lowest BCUT2D eigenvalue weighted by atomic mass is 9.96. The first-order valence-corrected chi connectivity index (χ1v) is 14.3. The van der Waals surface area contributed by atoms with Gasteiger partial charge in [-0.3, -0.25) is 4.57 Å². The van der Waals surface area contributed by atoms with Crippen molar-refractivity contribution >= 4 is 66.3 Å². The van der Waals surface area contributed by atoms with E-state index in [-0.39, 0.29) is 0 Å². The Balaban J connectivity index is 1.44. The van der Waals surface area contributed by atoms with Gasteiger partial charge in [0.05, 0.1) is 22.1 Å². The predicted molar refractivity (Wildman–Crippen MR) is 172 cm³/mol. The largest absolute Gasteiger partial charge is 0.278 e. The van der Waals surface area contributed by atoms with E-state index in [0.717, 1.165) is 35.0 Å². The van der Waals surface area contributed by atoms with Crippen molar-refractivity contribution in [1.29, 1.82) is 0 Å². The molecule has 41 heavy (non-hydrogen) atoms. The molecule has 0 saturated heterocycles. The SMILES string of the molecule is C1=c2c(n(-c3nc(-c4ccccc4)c4ccccc4n3)c3c2ccc2c4ccc5ccccc5c4ccc23)=CCC1. The smallest absolute Gasteiger partial charge is 0.235 e. The van der Waals surface area contributed by atoms with Crippen LogP contribution in [0.1, 0.15) is 12.8 Å². The minimum atomic E-state index is 0.714. The van der Waals surface area contributed by atoms with Gasteiger partial charge in [0.2, 0.25) is 5.95 Å². The average molecular weight is 524 g/mol. The molecule has 2 heterocycles. The minimum absolute atomic E-state index is 0.714. The summed E-state index contributed by atoms with van der Waals surface area (Å²) in [6, 6.07) is 41.2. The molecule has 0 saturated carbocycles. The Morgan fingerprint density at radius 2 is 1.15 bits per heavy atom. The molecule has 0 N–H and O–H groups in total. The first kappa shape index (κ1) is 22.5. The Morgan fingerprint density at radius 3 is 2.05 bits per heavy atom. The Morgan fingerprint density at radius 1 is 0.488 bits per heavy atom. The zero-order valence-corrected chi connectivity index (χ0v) is 22.4. The topological polar surface area (TPSA) is 30.7 Å². The van der Waals surface area contributed by atoms with E-state index in [1.165, 1.54) is 53.8 Å². The molecule has 0 radical (unpaired) electrons. The van der Waals surface area contributed by atoms with Gasteiger partial charge >= 0.3 is 0 Å². The van der Waals surface area contributed by atoms with Crippen LogP contribution < -0.4 is 10.6 Å². The maximum atomic E-state index is 5.30. The standard InChI is InChI=1S/C38H25N3/c1-2-11-25(12-3-1)36-33-15-6-8-16-34(33)39-38(40-36)41-35-17-9-7-14-30(35)32-23-21-29-28-19-18-24-10-4-5-13-26(24)27(28)20-22-31(29)37(32)41/h1-6,8,10-23H,7,9H2. The quantitative estimate of drug-likeness (QED) is 0.215. The summed E-state index contributed by atoms with van der Waals surface area (Å²) in [4.78, 5) is 10.5. The third kappa shape index (κ3) is 3.26. The number of para-hydroxylation sites is 1. The molecule has 1 aliphatic rings. The molecule has 6 aromatic carbocycles. The Labute approximate surface area is 236 Å². The predicted octanol–water partition coefficient (Wildman–Crippen LogP) is 8.06. The van der Waals surface area contributed by atoms with Crippen LogP contribution in [0.25, 0.3) is 83.5 Å². The molecule has 0 atom stereocenters. The van der Waals surface area contributed by atoms with Gasteiger partial charge in [-0.2, -0.15) is 0 Å². The van der Waals surface area contributed by atoms with E-state index >= 15 is 0 Å². The molecule has 3 heteroatoms. The Bertz CT molecular complexity index is 2470. The van der Waals surface area contributed by atoms with Crippen LogP contribution in [-0.2, 0) is 0 Å². The van der Waals surface area contributed by atoms with E-state index in [4.69, 9.17) is 9.97 Å². The monoisotopic (exact) mass is 523 g/mol. The van der Waals surface area contributed by atoms with Gasteiger partial charge in [0, 0.05) is 26.9 Å². The van der Waals surface area contributed by atoms with Crippen molar-refractivity contribution in [3.8, 4) is 17.2 Å². The molecule has 1 aliphatic carbocycles. The molecule has 0 unspecified atom stereocenters. The average Bonchev–Trinajstić information content (AvgIpc) is 3.39. The Hall–Kier alpha value is -5.28. The van der Waals surface area contributed by atoms with Crippen molar-refractivity contribution in [2.24, 2.45) is 0 Å². The van der Waals surface area contributed by atoms with Gasteiger partial charge in [-0.25, -0.2) is 9.97 Å². The number of hydrogen-bond acceptors (Lipinski definition) is 2. The van der Waals surface area contributed by atoms with Gasteiger partial charge in [-0.15, -0.1) is 0 Å². The number of benzene rings is 6. The van der Waals surface area contributed by atoms with E-state index < -0.39 is 0 Å². The summed E-state index contributed by atoms with van der Waals surface area (Å²) >= 11 is 0. The van der Waals surface area contributed by atoms with Gasteiger partial charge in [-0.1, -0.05) is 121 Å². The summed E-state index contributed by atoms with van der Waals surface area (Å²) < 4.78 is 2.31. The Kier molecular flexibility index (Phi) is 4.73. The summed E-state index contributed by atoms with van der Waals surface area (Å²) in [6.45, 7) is 0. The van der Waals surface area contributed by atoms with Crippen molar-refractivity contribution in [3.05, 3.63) is 126 Å². The number of aromatic nitrogens is 3. The fourth-order valence-electron chi connectivity index (χ4n) is 6.78. The van der Waals surface area contributed by atoms with Crippen molar-refractivity contribution in [1.82, 2.24) is 14.5 Å². The second-order valence-electron chi connectivity index (χ2n) is 10.9. The molecule has 192 valence electrons. The number of rotatable bonds is 2. The van der Waals surface area contributed by atoms with Crippen LogP contribution in [0.3, 0.4) is 0 Å². The highest BCUT2D eigenvalue weighted by Crippen LogP contribution is 2.35. The third-order valence-corrected chi connectivity index (χ3v) is 8.62. The molecular formula is C38H25N3. The zero-order valence-electron chi connectivity index (χ0n) is 22.4. The lowest BCUT2D eigenvalue weighted by Crippen LogP contribution is -2.31. The second-order valence-corrected chi connectivity index (χ2v) is 10.9. The molecule has 0 aliphatic heterocycles. The maximum Gasteiger partial charge on any atom is 0.235 e. The van der Waals surface area contributed by atoms with E-state index in [0.29, 0.717) is 5.95 Å². The van der Waals surface area contributed by atoms with Gasteiger partial charge in [-0.05, 0) is 45.8 Å². The lowest BCUT2D eigenvalue weighted by Gasteiger charge is -2.13. The van der Waals surface area contributed by atoms with Gasteiger partial charge < -0.3 is 0 Å². The molecule has 0 bridgehead atoms. The molecule has 3 nitrogen and oxygen atoms in total. The first-order chi connectivity index (χ1) is 20.3. The van der Waals surface area contributed by atoms with Gasteiger partial charge in [0.25, 0.3) is 0 Å². The zero-order chi connectivity index (χ0) is 26.9. The third-order valence-electron chi connectivity index (χ3n) is 8.62. The van der Waals surface area contributed by atoms with E-state index in [1.54, 1.807) is 0 Å². The summed E-state index contributed by atoms with van der Waals surface area (Å²) in [6.07, 6.45) is 6.79. The van der Waals surface area contributed by atoms with Crippen LogP contribution in [0, 0.1) is 0 Å². The van der Waals surface area contributed by atoms with Crippen molar-refractivity contribution in [2.75, 3.05) is 0 Å². The van der Waals surface area contributed by atoms with Crippen molar-refractivity contribution in [2.45, 2.75) is 12.8 Å². The van der Waals surface area contributed by atoms with Crippen LogP contribution in [-0.4, -0.2) is 14.5 Å². The maximum absolute atomic E-state index is 5.30. The highest BCUT2D eigenvalue weighted by Gasteiger charge is 2.19. The summed E-state index contributed by atoms with van der Waals surface area (Å²) in [5, 5.41) is 12.4. The van der Waals surface area contributed by atoms with Gasteiger partial charge in [0.15, 0.2) is 0 Å². The molecule has 2 aromatic heterocycles. The highest BCUT2D eigenvalue weighted by atomic mass is 15.2.